The van der Waals surface area contributed by atoms with Crippen molar-refractivity contribution in [1.82, 2.24) is 4.90 Å². The number of carbonyl (C=O) groups excluding carboxylic acids is 2. The number of ether oxygens (including phenoxy) is 1. The maximum absolute atomic E-state index is 12.8. The molecule has 3 rings (SSSR count). The summed E-state index contributed by atoms with van der Waals surface area (Å²) in [4.78, 5) is 27.1. The summed E-state index contributed by atoms with van der Waals surface area (Å²) < 4.78 is 5.52. The van der Waals surface area contributed by atoms with Gasteiger partial charge < -0.3 is 15.0 Å². The topological polar surface area (TPSA) is 58.6 Å². The van der Waals surface area contributed by atoms with Crippen molar-refractivity contribution in [2.45, 2.75) is 53.0 Å². The van der Waals surface area contributed by atoms with Crippen LogP contribution in [0.1, 0.15) is 47.0 Å². The van der Waals surface area contributed by atoms with E-state index in [0.717, 1.165) is 19.3 Å². The quantitative estimate of drug-likeness (QED) is 0.855. The van der Waals surface area contributed by atoms with E-state index in [1.807, 2.05) is 19.1 Å². The molecule has 2 fully saturated rings. The monoisotopic (exact) mass is 344 g/mol. The van der Waals surface area contributed by atoms with Crippen molar-refractivity contribution < 1.29 is 14.3 Å². The lowest BCUT2D eigenvalue weighted by atomic mass is 9.65. The number of rotatable bonds is 3. The summed E-state index contributed by atoms with van der Waals surface area (Å²) in [6, 6.07) is 7.36. The first-order valence-corrected chi connectivity index (χ1v) is 9.07. The van der Waals surface area contributed by atoms with Gasteiger partial charge in [0.15, 0.2) is 0 Å². The highest BCUT2D eigenvalue weighted by atomic mass is 16.5. The molecule has 1 N–H and O–H groups in total. The lowest BCUT2D eigenvalue weighted by Crippen LogP contribution is -2.43. The highest BCUT2D eigenvalue weighted by Crippen LogP contribution is 2.52. The number of likely N-dealkylation sites (tertiary alicyclic amines) is 1. The summed E-state index contributed by atoms with van der Waals surface area (Å²) in [5, 5.41) is 2.73. The molecule has 2 atom stereocenters. The molecule has 2 aliphatic rings. The highest BCUT2D eigenvalue weighted by Gasteiger charge is 2.51. The smallest absolute Gasteiger partial charge is 0.314 e. The number of nitrogens with zero attached hydrogens (tertiary/aromatic N) is 1. The van der Waals surface area contributed by atoms with Gasteiger partial charge in [-0.3, -0.25) is 9.59 Å². The van der Waals surface area contributed by atoms with Crippen LogP contribution in [0.3, 0.4) is 0 Å². The van der Waals surface area contributed by atoms with Crippen molar-refractivity contribution in [3.63, 3.8) is 0 Å². The van der Waals surface area contributed by atoms with Crippen molar-refractivity contribution in [1.29, 1.82) is 0 Å². The fourth-order valence-corrected chi connectivity index (χ4v) is 4.85. The van der Waals surface area contributed by atoms with Gasteiger partial charge in [0.2, 0.25) is 0 Å². The fraction of sp³-hybridized carbons (Fsp3) is 0.600. The lowest BCUT2D eigenvalue weighted by Gasteiger charge is -2.39. The molecule has 0 spiro atoms. The minimum absolute atomic E-state index is 0.117. The van der Waals surface area contributed by atoms with Crippen LogP contribution >= 0.6 is 0 Å². The third-order valence-electron chi connectivity index (χ3n) is 5.31. The number of carbonyl (C=O) groups is 2. The Labute approximate surface area is 149 Å². The molecule has 0 aromatic heterocycles. The fourth-order valence-electron chi connectivity index (χ4n) is 4.85. The van der Waals surface area contributed by atoms with Gasteiger partial charge in [0, 0.05) is 12.6 Å². The standard InChI is InChI=1S/C20H28N2O3/c1-5-25-16-9-7-6-8-15(16)21-17(23)18(24)22-13-20(4)11-14(22)10-19(2,3)12-20/h6-9,14H,5,10-13H2,1-4H3,(H,21,23). The van der Waals surface area contributed by atoms with E-state index in [1.54, 1.807) is 17.0 Å². The van der Waals surface area contributed by atoms with Crippen molar-refractivity contribution in [3.8, 4) is 5.75 Å². The Morgan fingerprint density at radius 1 is 1.24 bits per heavy atom. The third-order valence-corrected chi connectivity index (χ3v) is 5.31. The van der Waals surface area contributed by atoms with Crippen molar-refractivity contribution in [3.05, 3.63) is 24.3 Å². The van der Waals surface area contributed by atoms with Crippen LogP contribution in [0.2, 0.25) is 0 Å². The van der Waals surface area contributed by atoms with Crippen LogP contribution in [-0.2, 0) is 9.59 Å². The molecule has 0 radical (unpaired) electrons. The van der Waals surface area contributed by atoms with Gasteiger partial charge in [0.05, 0.1) is 12.3 Å². The Morgan fingerprint density at radius 2 is 1.96 bits per heavy atom. The van der Waals surface area contributed by atoms with Gasteiger partial charge in [-0.05, 0) is 49.1 Å². The molecule has 1 aliphatic carbocycles. The second-order valence-corrected chi connectivity index (χ2v) is 8.53. The number of amides is 2. The molecular formula is C20H28N2O3. The molecule has 1 saturated heterocycles. The van der Waals surface area contributed by atoms with Gasteiger partial charge in [-0.25, -0.2) is 0 Å². The zero-order valence-corrected chi connectivity index (χ0v) is 15.6. The van der Waals surface area contributed by atoms with Crippen molar-refractivity contribution >= 4 is 17.5 Å². The van der Waals surface area contributed by atoms with Gasteiger partial charge >= 0.3 is 11.8 Å². The molecule has 1 aliphatic heterocycles. The normalized spacial score (nSPS) is 27.0. The summed E-state index contributed by atoms with van der Waals surface area (Å²) in [5.74, 6) is -0.432. The number of hydrogen-bond acceptors (Lipinski definition) is 3. The first-order valence-electron chi connectivity index (χ1n) is 9.07. The predicted molar refractivity (Wildman–Crippen MR) is 97.5 cm³/mol. The van der Waals surface area contributed by atoms with Crippen LogP contribution < -0.4 is 10.1 Å². The van der Waals surface area contributed by atoms with E-state index in [4.69, 9.17) is 4.74 Å². The van der Waals surface area contributed by atoms with Gasteiger partial charge in [-0.2, -0.15) is 0 Å². The van der Waals surface area contributed by atoms with Crippen LogP contribution in [0.4, 0.5) is 5.69 Å². The van der Waals surface area contributed by atoms with Crippen LogP contribution in [0.15, 0.2) is 24.3 Å². The Balaban J connectivity index is 1.73. The molecule has 1 saturated carbocycles. The molecule has 2 bridgehead atoms. The van der Waals surface area contributed by atoms with Crippen molar-refractivity contribution in [2.75, 3.05) is 18.5 Å². The zero-order valence-electron chi connectivity index (χ0n) is 15.6. The second kappa shape index (κ2) is 6.36. The molecule has 1 aromatic carbocycles. The van der Waals surface area contributed by atoms with Crippen molar-refractivity contribution in [2.24, 2.45) is 10.8 Å². The van der Waals surface area contributed by atoms with E-state index in [1.165, 1.54) is 0 Å². The summed E-state index contributed by atoms with van der Waals surface area (Å²) in [7, 11) is 0. The third kappa shape index (κ3) is 3.65. The Morgan fingerprint density at radius 3 is 2.68 bits per heavy atom. The first-order chi connectivity index (χ1) is 11.7. The summed E-state index contributed by atoms with van der Waals surface area (Å²) in [6.45, 7) is 9.80. The first kappa shape index (κ1) is 17.8. The average molecular weight is 344 g/mol. The van der Waals surface area contributed by atoms with E-state index in [2.05, 4.69) is 26.1 Å². The maximum Gasteiger partial charge on any atom is 0.314 e. The van der Waals surface area contributed by atoms with Crippen LogP contribution in [0.5, 0.6) is 5.75 Å². The molecule has 2 amide bonds. The predicted octanol–water partition coefficient (Wildman–Crippen LogP) is 3.45. The number of benzene rings is 1. The summed E-state index contributed by atoms with van der Waals surface area (Å²) in [5.41, 5.74) is 0.868. The van der Waals surface area contributed by atoms with E-state index in [-0.39, 0.29) is 16.9 Å². The van der Waals surface area contributed by atoms with E-state index in [0.29, 0.717) is 24.6 Å². The highest BCUT2D eigenvalue weighted by molar-refractivity contribution is 6.39. The summed E-state index contributed by atoms with van der Waals surface area (Å²) in [6.07, 6.45) is 3.04. The Bertz CT molecular complexity index is 685. The molecule has 25 heavy (non-hydrogen) atoms. The van der Waals surface area contributed by atoms with Crippen LogP contribution in [0.25, 0.3) is 0 Å². The number of hydrogen-bond donors (Lipinski definition) is 1. The number of fused-ring (bicyclic) bond motifs is 2. The minimum atomic E-state index is -0.582. The van der Waals surface area contributed by atoms with Gasteiger partial charge in [0.1, 0.15) is 5.75 Å². The minimum Gasteiger partial charge on any atom is -0.492 e. The van der Waals surface area contributed by atoms with Gasteiger partial charge in [0.25, 0.3) is 0 Å². The molecule has 1 aromatic rings. The Hall–Kier alpha value is -2.04. The van der Waals surface area contributed by atoms with Gasteiger partial charge in [-0.15, -0.1) is 0 Å². The lowest BCUT2D eigenvalue weighted by molar-refractivity contribution is -0.144. The van der Waals surface area contributed by atoms with Crippen LogP contribution in [-0.4, -0.2) is 35.9 Å². The number of nitrogens with one attached hydrogen (secondary N) is 1. The largest absolute Gasteiger partial charge is 0.492 e. The average Bonchev–Trinajstić information content (AvgIpc) is 2.77. The molecule has 5 nitrogen and oxygen atoms in total. The molecular weight excluding hydrogens is 316 g/mol. The van der Waals surface area contributed by atoms with Gasteiger partial charge in [-0.1, -0.05) is 32.9 Å². The van der Waals surface area contributed by atoms with E-state index >= 15 is 0 Å². The molecule has 1 heterocycles. The van der Waals surface area contributed by atoms with E-state index < -0.39 is 11.8 Å². The maximum atomic E-state index is 12.8. The molecule has 2 unspecified atom stereocenters. The van der Waals surface area contributed by atoms with Crippen LogP contribution in [0, 0.1) is 10.8 Å². The SMILES string of the molecule is CCOc1ccccc1NC(=O)C(=O)N1CC2(C)CC1CC(C)(C)C2. The summed E-state index contributed by atoms with van der Waals surface area (Å²) >= 11 is 0. The van der Waals surface area contributed by atoms with E-state index in [9.17, 15) is 9.59 Å². The number of anilines is 1. The molecule has 136 valence electrons. The Kier molecular flexibility index (Phi) is 4.52. The number of para-hydroxylation sites is 2. The zero-order chi connectivity index (χ0) is 18.2. The second-order valence-electron chi connectivity index (χ2n) is 8.53. The molecule has 5 heteroatoms.